The number of halogens is 1. The molecule has 6 heteroatoms. The van der Waals surface area contributed by atoms with Crippen LogP contribution in [0.2, 0.25) is 0 Å². The Morgan fingerprint density at radius 1 is 1.04 bits per heavy atom. The Hall–Kier alpha value is -2.34. The third kappa shape index (κ3) is 5.08. The number of piperidine rings is 1. The molecule has 0 atom stereocenters. The van der Waals surface area contributed by atoms with E-state index < -0.39 is 0 Å². The molecule has 1 N–H and O–H groups in total. The Kier molecular flexibility index (Phi) is 6.28. The smallest absolute Gasteiger partial charge is 0.232 e. The van der Waals surface area contributed by atoms with Crippen molar-refractivity contribution in [3.05, 3.63) is 60.4 Å². The molecule has 136 valence electrons. The molecule has 0 spiro atoms. The summed E-state index contributed by atoms with van der Waals surface area (Å²) in [6, 6.07) is 15.5. The Labute approximate surface area is 156 Å². The molecule has 2 aromatic rings. The van der Waals surface area contributed by atoms with Crippen molar-refractivity contribution in [1.29, 1.82) is 0 Å². The number of carbonyl (C=O) groups is 2. The molecule has 4 nitrogen and oxygen atoms in total. The van der Waals surface area contributed by atoms with Crippen LogP contribution in [0, 0.1) is 11.7 Å². The monoisotopic (exact) mass is 372 g/mol. The maximum Gasteiger partial charge on any atom is 0.232 e. The van der Waals surface area contributed by atoms with Crippen molar-refractivity contribution in [2.24, 2.45) is 5.92 Å². The molecule has 0 saturated carbocycles. The number of benzene rings is 2. The normalized spacial score (nSPS) is 14.9. The number of likely N-dealkylation sites (tertiary alicyclic amines) is 1. The fraction of sp³-hybridized carbons (Fsp3) is 0.300. The lowest BCUT2D eigenvalue weighted by atomic mass is 9.96. The van der Waals surface area contributed by atoms with Crippen molar-refractivity contribution in [1.82, 2.24) is 4.90 Å². The SMILES string of the molecule is O=C(Nc1ccccc1)C1CCN(C(=O)CSc2ccc(F)cc2)CC1. The number of nitrogens with one attached hydrogen (secondary N) is 1. The van der Waals surface area contributed by atoms with E-state index in [0.29, 0.717) is 31.7 Å². The third-order valence-electron chi connectivity index (χ3n) is 4.44. The first-order valence-electron chi connectivity index (χ1n) is 8.64. The summed E-state index contributed by atoms with van der Waals surface area (Å²) in [7, 11) is 0. The van der Waals surface area contributed by atoms with Crippen molar-refractivity contribution in [3.63, 3.8) is 0 Å². The van der Waals surface area contributed by atoms with Crippen molar-refractivity contribution in [2.45, 2.75) is 17.7 Å². The first-order chi connectivity index (χ1) is 12.6. The first kappa shape index (κ1) is 18.5. The van der Waals surface area contributed by atoms with E-state index in [1.54, 1.807) is 12.1 Å². The third-order valence-corrected chi connectivity index (χ3v) is 5.43. The second-order valence-electron chi connectivity index (χ2n) is 6.25. The number of thioether (sulfide) groups is 1. The fourth-order valence-corrected chi connectivity index (χ4v) is 3.73. The molecule has 0 unspecified atom stereocenters. The second-order valence-corrected chi connectivity index (χ2v) is 7.30. The van der Waals surface area contributed by atoms with E-state index in [1.807, 2.05) is 35.2 Å². The Morgan fingerprint density at radius 2 is 1.69 bits per heavy atom. The van der Waals surface area contributed by atoms with E-state index in [0.717, 1.165) is 10.6 Å². The molecule has 1 fully saturated rings. The molecule has 2 aromatic carbocycles. The van der Waals surface area contributed by atoms with Crippen LogP contribution in [-0.2, 0) is 9.59 Å². The summed E-state index contributed by atoms with van der Waals surface area (Å²) >= 11 is 1.40. The second kappa shape index (κ2) is 8.85. The lowest BCUT2D eigenvalue weighted by Crippen LogP contribution is -2.42. The van der Waals surface area contributed by atoms with Crippen LogP contribution in [0.3, 0.4) is 0 Å². The fourth-order valence-electron chi connectivity index (χ4n) is 2.92. The van der Waals surface area contributed by atoms with Crippen LogP contribution in [0.15, 0.2) is 59.5 Å². The number of amides is 2. The van der Waals surface area contributed by atoms with Gasteiger partial charge in [-0.3, -0.25) is 9.59 Å². The molecular formula is C20H21FN2O2S. The minimum atomic E-state index is -0.281. The highest BCUT2D eigenvalue weighted by molar-refractivity contribution is 8.00. The van der Waals surface area contributed by atoms with E-state index >= 15 is 0 Å². The quantitative estimate of drug-likeness (QED) is 0.813. The van der Waals surface area contributed by atoms with Gasteiger partial charge < -0.3 is 10.2 Å². The molecule has 3 rings (SSSR count). The van der Waals surface area contributed by atoms with Gasteiger partial charge in [-0.05, 0) is 49.2 Å². The molecule has 0 aromatic heterocycles. The highest BCUT2D eigenvalue weighted by Crippen LogP contribution is 2.22. The van der Waals surface area contributed by atoms with Crippen LogP contribution in [0.4, 0.5) is 10.1 Å². The van der Waals surface area contributed by atoms with Gasteiger partial charge in [0.1, 0.15) is 5.82 Å². The van der Waals surface area contributed by atoms with Crippen LogP contribution in [-0.4, -0.2) is 35.6 Å². The highest BCUT2D eigenvalue weighted by Gasteiger charge is 2.27. The van der Waals surface area contributed by atoms with Gasteiger partial charge in [0.05, 0.1) is 5.75 Å². The predicted octanol–water partition coefficient (Wildman–Crippen LogP) is 3.80. The molecule has 0 aliphatic carbocycles. The summed E-state index contributed by atoms with van der Waals surface area (Å²) in [5, 5.41) is 2.93. The van der Waals surface area contributed by atoms with Gasteiger partial charge in [-0.15, -0.1) is 11.8 Å². The number of rotatable bonds is 5. The lowest BCUT2D eigenvalue weighted by molar-refractivity contribution is -0.132. The van der Waals surface area contributed by atoms with Gasteiger partial charge in [-0.1, -0.05) is 18.2 Å². The molecule has 1 aliphatic rings. The minimum absolute atomic E-state index is 0.0176. The van der Waals surface area contributed by atoms with E-state index in [2.05, 4.69) is 5.32 Å². The van der Waals surface area contributed by atoms with Gasteiger partial charge in [0.15, 0.2) is 0 Å². The van der Waals surface area contributed by atoms with E-state index in [9.17, 15) is 14.0 Å². The number of para-hydroxylation sites is 1. The summed E-state index contributed by atoms with van der Waals surface area (Å²) < 4.78 is 12.9. The molecule has 1 saturated heterocycles. The predicted molar refractivity (Wildman–Crippen MR) is 101 cm³/mol. The van der Waals surface area contributed by atoms with Crippen molar-refractivity contribution in [2.75, 3.05) is 24.2 Å². The summed E-state index contributed by atoms with van der Waals surface area (Å²) in [6.45, 7) is 1.19. The lowest BCUT2D eigenvalue weighted by Gasteiger charge is -2.31. The number of hydrogen-bond acceptors (Lipinski definition) is 3. The van der Waals surface area contributed by atoms with Gasteiger partial charge in [-0.25, -0.2) is 4.39 Å². The summed E-state index contributed by atoms with van der Waals surface area (Å²) in [6.07, 6.45) is 1.34. The van der Waals surface area contributed by atoms with Crippen molar-refractivity contribution >= 4 is 29.3 Å². The summed E-state index contributed by atoms with van der Waals surface area (Å²) in [4.78, 5) is 27.3. The maximum absolute atomic E-state index is 12.9. The largest absolute Gasteiger partial charge is 0.342 e. The van der Waals surface area contributed by atoms with E-state index in [4.69, 9.17) is 0 Å². The maximum atomic E-state index is 12.9. The zero-order valence-corrected chi connectivity index (χ0v) is 15.2. The Balaban J connectivity index is 1.43. The molecule has 1 aliphatic heterocycles. The first-order valence-corrected chi connectivity index (χ1v) is 9.62. The Bertz CT molecular complexity index is 744. The molecule has 1 heterocycles. The van der Waals surface area contributed by atoms with Crippen molar-refractivity contribution in [3.8, 4) is 0 Å². The standard InChI is InChI=1S/C20H21FN2O2S/c21-16-6-8-18(9-7-16)26-14-19(24)23-12-10-15(11-13-23)20(25)22-17-4-2-1-3-5-17/h1-9,15H,10-14H2,(H,22,25). The zero-order valence-electron chi connectivity index (χ0n) is 14.4. The minimum Gasteiger partial charge on any atom is -0.342 e. The molecule has 0 radical (unpaired) electrons. The van der Waals surface area contributed by atoms with E-state index in [1.165, 1.54) is 23.9 Å². The number of hydrogen-bond donors (Lipinski definition) is 1. The van der Waals surface area contributed by atoms with Gasteiger partial charge in [-0.2, -0.15) is 0 Å². The molecular weight excluding hydrogens is 351 g/mol. The average molecular weight is 372 g/mol. The number of anilines is 1. The van der Waals surface area contributed by atoms with Crippen LogP contribution < -0.4 is 5.32 Å². The van der Waals surface area contributed by atoms with Gasteiger partial charge in [0, 0.05) is 29.6 Å². The summed E-state index contributed by atoms with van der Waals surface area (Å²) in [5.41, 5.74) is 0.798. The number of carbonyl (C=O) groups excluding carboxylic acids is 2. The average Bonchev–Trinajstić information content (AvgIpc) is 2.68. The van der Waals surface area contributed by atoms with Crippen LogP contribution in [0.1, 0.15) is 12.8 Å². The van der Waals surface area contributed by atoms with Gasteiger partial charge in [0.2, 0.25) is 11.8 Å². The summed E-state index contributed by atoms with van der Waals surface area (Å²) in [5.74, 6) is 0.0535. The highest BCUT2D eigenvalue weighted by atomic mass is 32.2. The van der Waals surface area contributed by atoms with Crippen LogP contribution in [0.5, 0.6) is 0 Å². The molecule has 26 heavy (non-hydrogen) atoms. The van der Waals surface area contributed by atoms with Crippen molar-refractivity contribution < 1.29 is 14.0 Å². The number of nitrogens with zero attached hydrogens (tertiary/aromatic N) is 1. The van der Waals surface area contributed by atoms with Gasteiger partial charge >= 0.3 is 0 Å². The molecule has 0 bridgehead atoms. The van der Waals surface area contributed by atoms with E-state index in [-0.39, 0.29) is 23.5 Å². The zero-order chi connectivity index (χ0) is 18.4. The van der Waals surface area contributed by atoms with Crippen LogP contribution >= 0.6 is 11.8 Å². The molecule has 2 amide bonds. The van der Waals surface area contributed by atoms with Crippen LogP contribution in [0.25, 0.3) is 0 Å². The topological polar surface area (TPSA) is 49.4 Å². The van der Waals surface area contributed by atoms with Gasteiger partial charge in [0.25, 0.3) is 0 Å². The Morgan fingerprint density at radius 3 is 2.35 bits per heavy atom.